The maximum absolute atomic E-state index is 12.4. The zero-order valence-corrected chi connectivity index (χ0v) is 6.12. The summed E-state index contributed by atoms with van der Waals surface area (Å²) < 4.78 is 32.7. The van der Waals surface area contributed by atoms with Gasteiger partial charge in [-0.2, -0.15) is 0 Å². The maximum Gasteiger partial charge on any atom is 0.586 e. The van der Waals surface area contributed by atoms with Crippen LogP contribution in [-0.4, -0.2) is 16.5 Å². The van der Waals surface area contributed by atoms with Crippen LogP contribution < -0.4 is 9.47 Å². The molecule has 1 aliphatic heterocycles. The smallest absolute Gasteiger partial charge is 0.504 e. The van der Waals surface area contributed by atoms with Gasteiger partial charge in [0.15, 0.2) is 11.5 Å². The Morgan fingerprint density at radius 1 is 1.00 bits per heavy atom. The molecule has 0 spiro atoms. The minimum absolute atomic E-state index is 0.509. The average molecular weight is 190 g/mol. The highest BCUT2D eigenvalue weighted by atomic mass is 19.3. The Labute approximate surface area is 70.9 Å². The van der Waals surface area contributed by atoms with E-state index in [2.05, 4.69) is 9.47 Å². The lowest BCUT2D eigenvalue weighted by atomic mass is 10.3. The van der Waals surface area contributed by atoms with E-state index in [4.69, 9.17) is 10.2 Å². The van der Waals surface area contributed by atoms with Crippen LogP contribution in [0.4, 0.5) is 8.78 Å². The fourth-order valence-electron chi connectivity index (χ4n) is 0.998. The number of hydrogen-bond donors (Lipinski definition) is 2. The third kappa shape index (κ3) is 1.10. The van der Waals surface area contributed by atoms with Crippen LogP contribution in [-0.2, 0) is 0 Å². The molecule has 1 aromatic carbocycles. The normalized spacial score (nSPS) is 17.4. The molecule has 6 heteroatoms. The molecule has 2 rings (SSSR count). The maximum atomic E-state index is 12.4. The van der Waals surface area contributed by atoms with E-state index in [-0.39, 0.29) is 0 Å². The first-order chi connectivity index (χ1) is 5.99. The Hall–Kier alpha value is -1.72. The van der Waals surface area contributed by atoms with Gasteiger partial charge in [-0.1, -0.05) is 0 Å². The number of fused-ring (bicyclic) bond motifs is 1. The van der Waals surface area contributed by atoms with Gasteiger partial charge in [0.2, 0.25) is 11.5 Å². The lowest BCUT2D eigenvalue weighted by molar-refractivity contribution is -0.287. The van der Waals surface area contributed by atoms with Crippen molar-refractivity contribution in [2.75, 3.05) is 0 Å². The van der Waals surface area contributed by atoms with Gasteiger partial charge >= 0.3 is 6.29 Å². The molecule has 0 unspecified atom stereocenters. The lowest BCUT2D eigenvalue weighted by Gasteiger charge is -2.04. The van der Waals surface area contributed by atoms with Crippen molar-refractivity contribution in [1.29, 1.82) is 0 Å². The van der Waals surface area contributed by atoms with Crippen molar-refractivity contribution in [3.8, 4) is 23.0 Å². The topological polar surface area (TPSA) is 58.9 Å². The second-order valence-electron chi connectivity index (χ2n) is 2.43. The summed E-state index contributed by atoms with van der Waals surface area (Å²) in [4.78, 5) is 0. The standard InChI is InChI=1S/C7H4F2O4/c8-7(9)12-5-3(10)1-2-4(11)6(5)13-7/h1-2,10-11H. The van der Waals surface area contributed by atoms with Gasteiger partial charge in [0.1, 0.15) is 0 Å². The fraction of sp³-hybridized carbons (Fsp3) is 0.143. The Morgan fingerprint density at radius 3 is 1.77 bits per heavy atom. The van der Waals surface area contributed by atoms with Crippen LogP contribution in [0.3, 0.4) is 0 Å². The van der Waals surface area contributed by atoms with Crippen LogP contribution in [0.15, 0.2) is 12.1 Å². The van der Waals surface area contributed by atoms with Gasteiger partial charge in [-0.15, -0.1) is 8.78 Å². The number of ether oxygens (including phenoxy) is 2. The molecule has 1 aromatic rings. The first-order valence-electron chi connectivity index (χ1n) is 3.30. The monoisotopic (exact) mass is 190 g/mol. The second kappa shape index (κ2) is 2.15. The van der Waals surface area contributed by atoms with Gasteiger partial charge in [0.25, 0.3) is 0 Å². The molecule has 0 aromatic heterocycles. The molecule has 0 amide bonds. The molecule has 70 valence electrons. The summed E-state index contributed by atoms with van der Waals surface area (Å²) >= 11 is 0. The quantitative estimate of drug-likeness (QED) is 0.607. The van der Waals surface area contributed by atoms with Gasteiger partial charge in [-0.05, 0) is 12.1 Å². The van der Waals surface area contributed by atoms with Crippen molar-refractivity contribution in [1.82, 2.24) is 0 Å². The van der Waals surface area contributed by atoms with Gasteiger partial charge in [0, 0.05) is 0 Å². The fourth-order valence-corrected chi connectivity index (χ4v) is 0.998. The summed E-state index contributed by atoms with van der Waals surface area (Å²) in [7, 11) is 0. The summed E-state index contributed by atoms with van der Waals surface area (Å²) in [6.45, 7) is 0. The molecular formula is C7H4F2O4. The van der Waals surface area contributed by atoms with E-state index in [1.165, 1.54) is 0 Å². The van der Waals surface area contributed by atoms with Gasteiger partial charge < -0.3 is 19.7 Å². The molecule has 1 heterocycles. The molecule has 0 saturated heterocycles. The van der Waals surface area contributed by atoms with E-state index in [1.54, 1.807) is 0 Å². The van der Waals surface area contributed by atoms with E-state index < -0.39 is 29.3 Å². The summed E-state index contributed by atoms with van der Waals surface area (Å²) in [5, 5.41) is 18.1. The van der Waals surface area contributed by atoms with Crippen LogP contribution in [0, 0.1) is 0 Å². The van der Waals surface area contributed by atoms with E-state index in [1.807, 2.05) is 0 Å². The van der Waals surface area contributed by atoms with Crippen LogP contribution in [0.5, 0.6) is 23.0 Å². The summed E-state index contributed by atoms with van der Waals surface area (Å²) in [6.07, 6.45) is -3.83. The number of phenols is 2. The Bertz CT molecular complexity index is 331. The van der Waals surface area contributed by atoms with Crippen molar-refractivity contribution in [2.45, 2.75) is 6.29 Å². The zero-order valence-electron chi connectivity index (χ0n) is 6.12. The van der Waals surface area contributed by atoms with E-state index >= 15 is 0 Å². The highest BCUT2D eigenvalue weighted by Gasteiger charge is 2.46. The third-order valence-electron chi connectivity index (χ3n) is 1.51. The zero-order chi connectivity index (χ0) is 9.64. The molecule has 13 heavy (non-hydrogen) atoms. The van der Waals surface area contributed by atoms with Gasteiger partial charge in [-0.25, -0.2) is 0 Å². The number of rotatable bonds is 0. The molecule has 0 fully saturated rings. The number of alkyl halides is 2. The SMILES string of the molecule is Oc1ccc(O)c2c1OC(F)(F)O2. The number of halogens is 2. The first kappa shape index (κ1) is 7.90. The third-order valence-corrected chi connectivity index (χ3v) is 1.51. The number of aromatic hydroxyl groups is 2. The second-order valence-corrected chi connectivity index (χ2v) is 2.43. The predicted octanol–water partition coefficient (Wildman–Crippen LogP) is 1.42. The first-order valence-corrected chi connectivity index (χ1v) is 3.30. The minimum Gasteiger partial charge on any atom is -0.504 e. The Morgan fingerprint density at radius 2 is 1.38 bits per heavy atom. The lowest BCUT2D eigenvalue weighted by Crippen LogP contribution is -2.26. The molecule has 4 nitrogen and oxygen atoms in total. The molecule has 0 atom stereocenters. The van der Waals surface area contributed by atoms with Crippen LogP contribution in [0.1, 0.15) is 0 Å². The molecule has 0 aliphatic carbocycles. The molecule has 1 aliphatic rings. The van der Waals surface area contributed by atoms with Crippen molar-refractivity contribution < 1.29 is 28.5 Å². The van der Waals surface area contributed by atoms with E-state index in [0.717, 1.165) is 12.1 Å². The summed E-state index contributed by atoms with van der Waals surface area (Å²) in [5.74, 6) is -2.12. The molecular weight excluding hydrogens is 186 g/mol. The largest absolute Gasteiger partial charge is 0.586 e. The minimum atomic E-state index is -3.83. The molecule has 0 radical (unpaired) electrons. The van der Waals surface area contributed by atoms with Crippen molar-refractivity contribution >= 4 is 0 Å². The van der Waals surface area contributed by atoms with Crippen molar-refractivity contribution in [3.05, 3.63) is 12.1 Å². The highest BCUT2D eigenvalue weighted by molar-refractivity contribution is 5.59. The summed E-state index contributed by atoms with van der Waals surface area (Å²) in [5.41, 5.74) is 0. The van der Waals surface area contributed by atoms with E-state index in [0.29, 0.717) is 0 Å². The highest BCUT2D eigenvalue weighted by Crippen LogP contribution is 2.51. The molecule has 0 saturated carbocycles. The molecule has 0 bridgehead atoms. The number of benzene rings is 1. The Kier molecular flexibility index (Phi) is 1.31. The van der Waals surface area contributed by atoms with Gasteiger partial charge in [-0.3, -0.25) is 0 Å². The van der Waals surface area contributed by atoms with Crippen molar-refractivity contribution in [3.63, 3.8) is 0 Å². The number of phenolic OH excluding ortho intramolecular Hbond substituents is 2. The van der Waals surface area contributed by atoms with E-state index in [9.17, 15) is 8.78 Å². The van der Waals surface area contributed by atoms with Crippen LogP contribution >= 0.6 is 0 Å². The van der Waals surface area contributed by atoms with Gasteiger partial charge in [0.05, 0.1) is 0 Å². The predicted molar refractivity (Wildman–Crippen MR) is 36.0 cm³/mol. The summed E-state index contributed by atoms with van der Waals surface area (Å²) in [6, 6.07) is 2.05. The Balaban J connectivity index is 2.56. The average Bonchev–Trinajstić information content (AvgIpc) is 2.35. The number of hydrogen-bond acceptors (Lipinski definition) is 4. The van der Waals surface area contributed by atoms with Crippen molar-refractivity contribution in [2.24, 2.45) is 0 Å². The molecule has 2 N–H and O–H groups in total. The van der Waals surface area contributed by atoms with Crippen LogP contribution in [0.2, 0.25) is 0 Å². The van der Waals surface area contributed by atoms with Crippen LogP contribution in [0.25, 0.3) is 0 Å².